The van der Waals surface area contributed by atoms with Gasteiger partial charge in [-0.2, -0.15) is 0 Å². The Kier molecular flexibility index (Phi) is 4.44. The Bertz CT molecular complexity index is 587. The molecule has 0 aliphatic heterocycles. The van der Waals surface area contributed by atoms with Crippen LogP contribution in [-0.4, -0.2) is 13.2 Å². The van der Waals surface area contributed by atoms with E-state index in [-0.39, 0.29) is 0 Å². The van der Waals surface area contributed by atoms with Crippen molar-refractivity contribution >= 4 is 0 Å². The maximum absolute atomic E-state index is 5.79. The molecule has 2 heteroatoms. The fourth-order valence-electron chi connectivity index (χ4n) is 2.75. The molecule has 3 rings (SSSR count). The molecule has 1 aliphatic rings. The maximum Gasteiger partial charge on any atom is 0.122 e. The van der Waals surface area contributed by atoms with Gasteiger partial charge < -0.3 is 9.47 Å². The molecule has 2 aromatic carbocycles. The summed E-state index contributed by atoms with van der Waals surface area (Å²) in [5.74, 6) is 1.86. The summed E-state index contributed by atoms with van der Waals surface area (Å²) >= 11 is 0. The third-order valence-corrected chi connectivity index (χ3v) is 3.96. The molecule has 0 aromatic heterocycles. The van der Waals surface area contributed by atoms with Crippen LogP contribution < -0.4 is 9.47 Å². The number of fused-ring (bicyclic) bond motifs is 1. The highest BCUT2D eigenvalue weighted by atomic mass is 16.5. The first-order valence-corrected chi connectivity index (χ1v) is 7.75. The van der Waals surface area contributed by atoms with Crippen LogP contribution >= 0.6 is 0 Å². The summed E-state index contributed by atoms with van der Waals surface area (Å²) in [7, 11) is 0. The van der Waals surface area contributed by atoms with E-state index >= 15 is 0 Å². The van der Waals surface area contributed by atoms with E-state index in [1.165, 1.54) is 42.4 Å². The fourth-order valence-corrected chi connectivity index (χ4v) is 2.75. The molecule has 0 atom stereocenters. The summed E-state index contributed by atoms with van der Waals surface area (Å²) in [6, 6.07) is 14.6. The average molecular weight is 282 g/mol. The van der Waals surface area contributed by atoms with Gasteiger partial charge in [0.05, 0.1) is 0 Å². The number of rotatable bonds is 5. The van der Waals surface area contributed by atoms with Crippen molar-refractivity contribution in [1.29, 1.82) is 0 Å². The van der Waals surface area contributed by atoms with Crippen LogP contribution in [0.1, 0.15) is 29.5 Å². The second-order valence-corrected chi connectivity index (χ2v) is 5.65. The molecule has 1 aliphatic carbocycles. The number of benzene rings is 2. The Morgan fingerprint density at radius 1 is 0.762 bits per heavy atom. The molecular formula is C19H22O2. The summed E-state index contributed by atoms with van der Waals surface area (Å²) in [6.07, 6.45) is 5.02. The third kappa shape index (κ3) is 3.78. The van der Waals surface area contributed by atoms with Crippen molar-refractivity contribution < 1.29 is 9.47 Å². The van der Waals surface area contributed by atoms with Crippen molar-refractivity contribution in [3.8, 4) is 11.5 Å². The van der Waals surface area contributed by atoms with Gasteiger partial charge in [0.1, 0.15) is 24.7 Å². The van der Waals surface area contributed by atoms with E-state index in [4.69, 9.17) is 9.47 Å². The minimum atomic E-state index is 0.570. The predicted octanol–water partition coefficient (Wildman–Crippen LogP) is 4.33. The van der Waals surface area contributed by atoms with Gasteiger partial charge in [0, 0.05) is 0 Å². The van der Waals surface area contributed by atoms with E-state index in [0.717, 1.165) is 11.5 Å². The lowest BCUT2D eigenvalue weighted by Crippen LogP contribution is -2.10. The van der Waals surface area contributed by atoms with Crippen molar-refractivity contribution in [1.82, 2.24) is 0 Å². The zero-order valence-electron chi connectivity index (χ0n) is 12.6. The monoisotopic (exact) mass is 282 g/mol. The average Bonchev–Trinajstić information content (AvgIpc) is 2.53. The van der Waals surface area contributed by atoms with Crippen LogP contribution in [0.5, 0.6) is 11.5 Å². The molecule has 0 heterocycles. The number of hydrogen-bond acceptors (Lipinski definition) is 2. The standard InChI is InChI=1S/C19H22O2/c1-15-6-9-18(10-7-15)20-12-13-21-19-11-8-16-4-2-3-5-17(16)14-19/h6-11,14H,2-5,12-13H2,1H3. The van der Waals surface area contributed by atoms with Crippen LogP contribution in [0.25, 0.3) is 0 Å². The summed E-state index contributed by atoms with van der Waals surface area (Å²) in [5.41, 5.74) is 4.19. The van der Waals surface area contributed by atoms with E-state index in [9.17, 15) is 0 Å². The molecule has 110 valence electrons. The normalized spacial score (nSPS) is 13.6. The van der Waals surface area contributed by atoms with Crippen molar-refractivity contribution in [2.45, 2.75) is 32.6 Å². The molecule has 0 amide bonds. The van der Waals surface area contributed by atoms with E-state index in [2.05, 4.69) is 37.3 Å². The number of ether oxygens (including phenoxy) is 2. The Hall–Kier alpha value is -1.96. The van der Waals surface area contributed by atoms with Crippen molar-refractivity contribution in [2.24, 2.45) is 0 Å². The van der Waals surface area contributed by atoms with Gasteiger partial charge in [-0.1, -0.05) is 23.8 Å². The lowest BCUT2D eigenvalue weighted by molar-refractivity contribution is 0.217. The van der Waals surface area contributed by atoms with Crippen molar-refractivity contribution in [3.63, 3.8) is 0 Å². The summed E-state index contributed by atoms with van der Waals surface area (Å²) < 4.78 is 11.5. The minimum absolute atomic E-state index is 0.570. The molecule has 0 unspecified atom stereocenters. The molecule has 0 saturated carbocycles. The van der Waals surface area contributed by atoms with Gasteiger partial charge in [-0.25, -0.2) is 0 Å². The molecule has 0 fully saturated rings. The van der Waals surface area contributed by atoms with Gasteiger partial charge >= 0.3 is 0 Å². The topological polar surface area (TPSA) is 18.5 Å². The number of hydrogen-bond donors (Lipinski definition) is 0. The summed E-state index contributed by atoms with van der Waals surface area (Å²) in [4.78, 5) is 0. The van der Waals surface area contributed by atoms with E-state index in [1.807, 2.05) is 12.1 Å². The van der Waals surface area contributed by atoms with Crippen molar-refractivity contribution in [3.05, 3.63) is 59.2 Å². The van der Waals surface area contributed by atoms with E-state index in [0.29, 0.717) is 13.2 Å². The van der Waals surface area contributed by atoms with Crippen LogP contribution in [0, 0.1) is 6.92 Å². The molecule has 2 aromatic rings. The lowest BCUT2D eigenvalue weighted by atomic mass is 9.92. The Morgan fingerprint density at radius 2 is 1.38 bits per heavy atom. The van der Waals surface area contributed by atoms with Crippen LogP contribution in [0.2, 0.25) is 0 Å². The Morgan fingerprint density at radius 3 is 2.14 bits per heavy atom. The highest BCUT2D eigenvalue weighted by Crippen LogP contribution is 2.25. The molecule has 0 spiro atoms. The second kappa shape index (κ2) is 6.66. The van der Waals surface area contributed by atoms with Gasteiger partial charge in [-0.05, 0) is 68.0 Å². The minimum Gasteiger partial charge on any atom is -0.490 e. The molecule has 0 radical (unpaired) electrons. The first-order valence-electron chi connectivity index (χ1n) is 7.75. The maximum atomic E-state index is 5.79. The lowest BCUT2D eigenvalue weighted by Gasteiger charge is -2.17. The zero-order valence-corrected chi connectivity index (χ0v) is 12.6. The van der Waals surface area contributed by atoms with Crippen LogP contribution in [0.15, 0.2) is 42.5 Å². The first-order chi connectivity index (χ1) is 10.3. The fraction of sp³-hybridized carbons (Fsp3) is 0.368. The largest absolute Gasteiger partial charge is 0.490 e. The smallest absolute Gasteiger partial charge is 0.122 e. The quantitative estimate of drug-likeness (QED) is 0.760. The molecule has 0 saturated heterocycles. The summed E-state index contributed by atoms with van der Waals surface area (Å²) in [5, 5.41) is 0. The van der Waals surface area contributed by atoms with Crippen LogP contribution in [0.3, 0.4) is 0 Å². The predicted molar refractivity (Wildman–Crippen MR) is 85.3 cm³/mol. The molecule has 0 bridgehead atoms. The Labute approximate surface area is 126 Å². The van der Waals surface area contributed by atoms with Gasteiger partial charge in [0.25, 0.3) is 0 Å². The number of aryl methyl sites for hydroxylation is 3. The van der Waals surface area contributed by atoms with Crippen LogP contribution in [0.4, 0.5) is 0 Å². The van der Waals surface area contributed by atoms with Gasteiger partial charge in [-0.3, -0.25) is 0 Å². The first kappa shape index (κ1) is 14.0. The second-order valence-electron chi connectivity index (χ2n) is 5.65. The highest BCUT2D eigenvalue weighted by Gasteiger charge is 2.09. The van der Waals surface area contributed by atoms with Gasteiger partial charge in [0.15, 0.2) is 0 Å². The Balaban J connectivity index is 1.48. The molecular weight excluding hydrogens is 260 g/mol. The molecule has 2 nitrogen and oxygen atoms in total. The highest BCUT2D eigenvalue weighted by molar-refractivity contribution is 5.37. The van der Waals surface area contributed by atoms with E-state index < -0.39 is 0 Å². The van der Waals surface area contributed by atoms with Gasteiger partial charge in [-0.15, -0.1) is 0 Å². The SMILES string of the molecule is Cc1ccc(OCCOc2ccc3c(c2)CCCC3)cc1. The zero-order chi connectivity index (χ0) is 14.5. The summed E-state index contributed by atoms with van der Waals surface area (Å²) in [6.45, 7) is 3.22. The van der Waals surface area contributed by atoms with Gasteiger partial charge in [0.2, 0.25) is 0 Å². The van der Waals surface area contributed by atoms with Crippen LogP contribution in [-0.2, 0) is 12.8 Å². The van der Waals surface area contributed by atoms with Crippen molar-refractivity contribution in [2.75, 3.05) is 13.2 Å². The van der Waals surface area contributed by atoms with E-state index in [1.54, 1.807) is 0 Å². The third-order valence-electron chi connectivity index (χ3n) is 3.96. The molecule has 0 N–H and O–H groups in total. The molecule has 21 heavy (non-hydrogen) atoms.